The van der Waals surface area contributed by atoms with E-state index in [-0.39, 0.29) is 6.42 Å². The molecular formula is C19H19NO2. The Labute approximate surface area is 129 Å². The van der Waals surface area contributed by atoms with Gasteiger partial charge < -0.3 is 9.67 Å². The summed E-state index contributed by atoms with van der Waals surface area (Å²) in [6, 6.07) is 16.7. The van der Waals surface area contributed by atoms with Crippen LogP contribution in [-0.2, 0) is 17.8 Å². The van der Waals surface area contributed by atoms with Crippen LogP contribution in [0.25, 0.3) is 10.9 Å². The van der Waals surface area contributed by atoms with Crippen LogP contribution >= 0.6 is 0 Å². The fourth-order valence-electron chi connectivity index (χ4n) is 2.90. The number of nitrogens with zero attached hydrogens (tertiary/aromatic N) is 1. The van der Waals surface area contributed by atoms with Crippen molar-refractivity contribution in [2.45, 2.75) is 26.3 Å². The second-order valence-electron chi connectivity index (χ2n) is 5.68. The normalized spacial score (nSPS) is 11.0. The minimum Gasteiger partial charge on any atom is -0.481 e. The molecule has 3 rings (SSSR count). The zero-order valence-electron chi connectivity index (χ0n) is 12.6. The quantitative estimate of drug-likeness (QED) is 0.772. The Morgan fingerprint density at radius 1 is 1.14 bits per heavy atom. The van der Waals surface area contributed by atoms with Crippen molar-refractivity contribution in [3.8, 4) is 0 Å². The SMILES string of the molecule is Cc1cccc(Cn2cc(CCC(=O)O)c3ccccc32)c1. The molecular weight excluding hydrogens is 274 g/mol. The number of hydrogen-bond acceptors (Lipinski definition) is 1. The highest BCUT2D eigenvalue weighted by molar-refractivity contribution is 5.84. The van der Waals surface area contributed by atoms with Gasteiger partial charge in [-0.2, -0.15) is 0 Å². The zero-order chi connectivity index (χ0) is 15.5. The summed E-state index contributed by atoms with van der Waals surface area (Å²) < 4.78 is 2.21. The van der Waals surface area contributed by atoms with Gasteiger partial charge >= 0.3 is 5.97 Å². The molecule has 0 aliphatic heterocycles. The van der Waals surface area contributed by atoms with Crippen LogP contribution in [-0.4, -0.2) is 15.6 Å². The summed E-state index contributed by atoms with van der Waals surface area (Å²) in [5.74, 6) is -0.754. The van der Waals surface area contributed by atoms with Gasteiger partial charge in [0.15, 0.2) is 0 Å². The van der Waals surface area contributed by atoms with E-state index in [9.17, 15) is 4.79 Å². The number of carbonyl (C=O) groups is 1. The van der Waals surface area contributed by atoms with Gasteiger partial charge in [-0.3, -0.25) is 4.79 Å². The summed E-state index contributed by atoms with van der Waals surface area (Å²) in [5.41, 5.74) is 4.76. The van der Waals surface area contributed by atoms with E-state index in [4.69, 9.17) is 5.11 Å². The molecule has 0 bridgehead atoms. The fraction of sp³-hybridized carbons (Fsp3) is 0.211. The lowest BCUT2D eigenvalue weighted by Crippen LogP contribution is -1.99. The molecule has 1 N–H and O–H groups in total. The zero-order valence-corrected chi connectivity index (χ0v) is 12.6. The minimum atomic E-state index is -0.754. The van der Waals surface area contributed by atoms with Gasteiger partial charge in [-0.05, 0) is 30.5 Å². The molecule has 0 amide bonds. The summed E-state index contributed by atoms with van der Waals surface area (Å²) in [7, 11) is 0. The number of benzene rings is 2. The minimum absolute atomic E-state index is 0.165. The van der Waals surface area contributed by atoms with Crippen LogP contribution in [0.15, 0.2) is 54.7 Å². The van der Waals surface area contributed by atoms with Gasteiger partial charge in [0.1, 0.15) is 0 Å². The molecule has 1 heterocycles. The van der Waals surface area contributed by atoms with Gasteiger partial charge in [0.25, 0.3) is 0 Å². The summed E-state index contributed by atoms with van der Waals surface area (Å²) in [6.07, 6.45) is 2.82. The van der Waals surface area contributed by atoms with Crippen molar-refractivity contribution in [2.75, 3.05) is 0 Å². The largest absolute Gasteiger partial charge is 0.481 e. The van der Waals surface area contributed by atoms with Crippen LogP contribution in [0.1, 0.15) is 23.1 Å². The van der Waals surface area contributed by atoms with E-state index in [2.05, 4.69) is 54.1 Å². The molecule has 0 atom stereocenters. The van der Waals surface area contributed by atoms with Gasteiger partial charge in [0, 0.05) is 30.1 Å². The second-order valence-corrected chi connectivity index (χ2v) is 5.68. The van der Waals surface area contributed by atoms with E-state index in [0.29, 0.717) is 6.42 Å². The second kappa shape index (κ2) is 6.06. The first-order valence-corrected chi connectivity index (χ1v) is 7.47. The number of carboxylic acid groups (broad SMARTS) is 1. The highest BCUT2D eigenvalue weighted by atomic mass is 16.4. The number of carboxylic acids is 1. The average molecular weight is 293 g/mol. The predicted octanol–water partition coefficient (Wildman–Crippen LogP) is 4.02. The molecule has 22 heavy (non-hydrogen) atoms. The fourth-order valence-corrected chi connectivity index (χ4v) is 2.90. The maximum absolute atomic E-state index is 10.8. The Morgan fingerprint density at radius 2 is 1.95 bits per heavy atom. The lowest BCUT2D eigenvalue weighted by Gasteiger charge is -2.06. The number of rotatable bonds is 5. The molecule has 0 saturated carbocycles. The molecule has 2 aromatic carbocycles. The summed E-state index contributed by atoms with van der Waals surface area (Å²) in [6.45, 7) is 2.89. The van der Waals surface area contributed by atoms with E-state index in [1.807, 2.05) is 12.1 Å². The molecule has 0 saturated heterocycles. The van der Waals surface area contributed by atoms with Crippen molar-refractivity contribution in [1.82, 2.24) is 4.57 Å². The van der Waals surface area contributed by atoms with Gasteiger partial charge in [-0.15, -0.1) is 0 Å². The van der Waals surface area contributed by atoms with Crippen molar-refractivity contribution in [2.24, 2.45) is 0 Å². The van der Waals surface area contributed by atoms with Crippen molar-refractivity contribution in [1.29, 1.82) is 0 Å². The smallest absolute Gasteiger partial charge is 0.303 e. The van der Waals surface area contributed by atoms with E-state index >= 15 is 0 Å². The number of fused-ring (bicyclic) bond motifs is 1. The maximum Gasteiger partial charge on any atom is 0.303 e. The van der Waals surface area contributed by atoms with Gasteiger partial charge in [0.05, 0.1) is 0 Å². The van der Waals surface area contributed by atoms with Gasteiger partial charge in [0.2, 0.25) is 0 Å². The van der Waals surface area contributed by atoms with Crippen molar-refractivity contribution >= 4 is 16.9 Å². The Kier molecular flexibility index (Phi) is 3.96. The third-order valence-electron chi connectivity index (χ3n) is 3.91. The van der Waals surface area contributed by atoms with Crippen LogP contribution in [0, 0.1) is 6.92 Å². The number of aliphatic carboxylic acids is 1. The molecule has 1 aromatic heterocycles. The van der Waals surface area contributed by atoms with E-state index in [0.717, 1.165) is 23.0 Å². The molecule has 0 unspecified atom stereocenters. The monoisotopic (exact) mass is 293 g/mol. The van der Waals surface area contributed by atoms with Crippen molar-refractivity contribution < 1.29 is 9.90 Å². The Hall–Kier alpha value is -2.55. The topological polar surface area (TPSA) is 42.2 Å². The molecule has 0 radical (unpaired) electrons. The summed E-state index contributed by atoms with van der Waals surface area (Å²) >= 11 is 0. The number of para-hydroxylation sites is 1. The van der Waals surface area contributed by atoms with E-state index < -0.39 is 5.97 Å². The highest BCUT2D eigenvalue weighted by Crippen LogP contribution is 2.23. The molecule has 0 fully saturated rings. The lowest BCUT2D eigenvalue weighted by atomic mass is 10.1. The first kappa shape index (κ1) is 14.4. The summed E-state index contributed by atoms with van der Waals surface area (Å²) in [5, 5.41) is 10.1. The van der Waals surface area contributed by atoms with E-state index in [1.165, 1.54) is 11.1 Å². The molecule has 0 aliphatic rings. The molecule has 3 heteroatoms. The third-order valence-corrected chi connectivity index (χ3v) is 3.91. The number of hydrogen-bond donors (Lipinski definition) is 1. The molecule has 0 aliphatic carbocycles. The van der Waals surface area contributed by atoms with Crippen LogP contribution in [0.4, 0.5) is 0 Å². The van der Waals surface area contributed by atoms with Crippen LogP contribution in [0.5, 0.6) is 0 Å². The highest BCUT2D eigenvalue weighted by Gasteiger charge is 2.10. The molecule has 112 valence electrons. The molecule has 0 spiro atoms. The third kappa shape index (κ3) is 3.03. The van der Waals surface area contributed by atoms with Crippen LogP contribution in [0.2, 0.25) is 0 Å². The maximum atomic E-state index is 10.8. The summed E-state index contributed by atoms with van der Waals surface area (Å²) in [4.78, 5) is 10.8. The molecule has 3 aromatic rings. The standard InChI is InChI=1S/C19H19NO2/c1-14-5-4-6-15(11-14)12-20-13-16(9-10-19(21)22)17-7-2-3-8-18(17)20/h2-8,11,13H,9-10,12H2,1H3,(H,21,22). The first-order chi connectivity index (χ1) is 10.6. The number of aromatic nitrogens is 1. The first-order valence-electron chi connectivity index (χ1n) is 7.47. The van der Waals surface area contributed by atoms with Crippen molar-refractivity contribution in [3.05, 3.63) is 71.4 Å². The average Bonchev–Trinajstić information content (AvgIpc) is 2.84. The van der Waals surface area contributed by atoms with Crippen LogP contribution < -0.4 is 0 Å². The van der Waals surface area contributed by atoms with Crippen LogP contribution in [0.3, 0.4) is 0 Å². The van der Waals surface area contributed by atoms with Crippen molar-refractivity contribution in [3.63, 3.8) is 0 Å². The predicted molar refractivity (Wildman–Crippen MR) is 88.2 cm³/mol. The lowest BCUT2D eigenvalue weighted by molar-refractivity contribution is -0.136. The number of aryl methyl sites for hydroxylation is 2. The van der Waals surface area contributed by atoms with E-state index in [1.54, 1.807) is 0 Å². The molecule has 3 nitrogen and oxygen atoms in total. The Balaban J connectivity index is 1.97. The Bertz CT molecular complexity index is 817. The van der Waals surface area contributed by atoms with Gasteiger partial charge in [-0.25, -0.2) is 0 Å². The van der Waals surface area contributed by atoms with Gasteiger partial charge in [-0.1, -0.05) is 48.0 Å². The Morgan fingerprint density at radius 3 is 2.73 bits per heavy atom.